The topological polar surface area (TPSA) is 35.6 Å². The van der Waals surface area contributed by atoms with Crippen molar-refractivity contribution in [2.24, 2.45) is 5.92 Å². The Bertz CT molecular complexity index is 647. The van der Waals surface area contributed by atoms with E-state index in [2.05, 4.69) is 10.2 Å². The summed E-state index contributed by atoms with van der Waals surface area (Å²) < 4.78 is 38.7. The fourth-order valence-corrected chi connectivity index (χ4v) is 4.12. The van der Waals surface area contributed by atoms with E-state index in [1.54, 1.807) is 0 Å². The van der Waals surface area contributed by atoms with Crippen molar-refractivity contribution in [1.82, 2.24) is 10.2 Å². The molecule has 1 aromatic carbocycles. The van der Waals surface area contributed by atoms with Gasteiger partial charge in [0.1, 0.15) is 0 Å². The zero-order valence-corrected chi connectivity index (χ0v) is 15.9. The summed E-state index contributed by atoms with van der Waals surface area (Å²) in [6.45, 7) is 3.27. The number of benzene rings is 1. The molecule has 0 radical (unpaired) electrons. The maximum atomic E-state index is 12.9. The Labute approximate surface area is 162 Å². The summed E-state index contributed by atoms with van der Waals surface area (Å²) in [5.74, 6) is -1.48. The fourth-order valence-electron chi connectivity index (χ4n) is 3.93. The number of rotatable bonds is 4. The molecule has 2 aliphatic rings. The Morgan fingerprint density at radius 1 is 1.19 bits per heavy atom. The molecule has 8 heteroatoms. The van der Waals surface area contributed by atoms with Crippen LogP contribution in [-0.2, 0) is 4.79 Å². The lowest BCUT2D eigenvalue weighted by molar-refractivity contribution is -0.184. The number of alkyl halides is 3. The van der Waals surface area contributed by atoms with E-state index in [9.17, 15) is 18.0 Å². The summed E-state index contributed by atoms with van der Waals surface area (Å²) in [5, 5.41) is 3.50. The number of hydrogen-bond acceptors (Lipinski definition) is 3. The van der Waals surface area contributed by atoms with Gasteiger partial charge in [0.05, 0.1) is 12.5 Å². The molecule has 1 heterocycles. The van der Waals surface area contributed by atoms with Gasteiger partial charge in [0, 0.05) is 42.9 Å². The van der Waals surface area contributed by atoms with Gasteiger partial charge in [-0.3, -0.25) is 9.69 Å². The van der Waals surface area contributed by atoms with Crippen LogP contribution in [0.4, 0.5) is 18.9 Å². The van der Waals surface area contributed by atoms with Crippen LogP contribution in [0.5, 0.6) is 0 Å². The molecule has 0 aromatic heterocycles. The van der Waals surface area contributed by atoms with Crippen molar-refractivity contribution in [3.05, 3.63) is 29.3 Å². The van der Waals surface area contributed by atoms with Crippen molar-refractivity contribution in [3.8, 4) is 0 Å². The van der Waals surface area contributed by atoms with Gasteiger partial charge in [-0.25, -0.2) is 0 Å². The van der Waals surface area contributed by atoms with E-state index >= 15 is 0 Å². The Kier molecular flexibility index (Phi) is 6.52. The third kappa shape index (κ3) is 5.75. The number of amides is 1. The first-order valence-electron chi connectivity index (χ1n) is 9.40. The molecule has 0 spiro atoms. The first kappa shape index (κ1) is 20.3. The third-order valence-corrected chi connectivity index (χ3v) is 5.65. The number of nitrogens with one attached hydrogen (secondary N) is 1. The average Bonchev–Trinajstić information content (AvgIpc) is 2.62. The molecule has 1 saturated heterocycles. The van der Waals surface area contributed by atoms with Crippen LogP contribution >= 0.6 is 11.6 Å². The zero-order valence-electron chi connectivity index (χ0n) is 15.1. The van der Waals surface area contributed by atoms with Gasteiger partial charge in [0.15, 0.2) is 0 Å². The van der Waals surface area contributed by atoms with E-state index < -0.39 is 12.1 Å². The molecule has 1 N–H and O–H groups in total. The molecule has 27 heavy (non-hydrogen) atoms. The molecule has 1 aliphatic heterocycles. The lowest BCUT2D eigenvalue weighted by atomic mass is 9.85. The van der Waals surface area contributed by atoms with Crippen molar-refractivity contribution >= 4 is 23.2 Å². The highest BCUT2D eigenvalue weighted by Gasteiger charge is 2.42. The van der Waals surface area contributed by atoms with Crippen LogP contribution in [0.3, 0.4) is 0 Å². The lowest BCUT2D eigenvalue weighted by Crippen LogP contribution is -2.51. The maximum absolute atomic E-state index is 12.9. The highest BCUT2D eigenvalue weighted by Crippen LogP contribution is 2.37. The fraction of sp³-hybridized carbons (Fsp3) is 0.632. The van der Waals surface area contributed by atoms with Crippen molar-refractivity contribution in [2.45, 2.75) is 37.9 Å². The molecule has 4 nitrogen and oxygen atoms in total. The number of piperazine rings is 1. The normalized spacial score (nSPS) is 24.7. The van der Waals surface area contributed by atoms with Crippen LogP contribution in [0.1, 0.15) is 25.7 Å². The van der Waals surface area contributed by atoms with Gasteiger partial charge in [-0.05, 0) is 37.5 Å². The summed E-state index contributed by atoms with van der Waals surface area (Å²) in [5.41, 5.74) is 1.06. The van der Waals surface area contributed by atoms with E-state index in [1.807, 2.05) is 29.2 Å². The zero-order chi connectivity index (χ0) is 19.4. The highest BCUT2D eigenvalue weighted by molar-refractivity contribution is 6.30. The third-order valence-electron chi connectivity index (χ3n) is 5.42. The van der Waals surface area contributed by atoms with Crippen LogP contribution in [0.25, 0.3) is 0 Å². The van der Waals surface area contributed by atoms with Gasteiger partial charge >= 0.3 is 6.18 Å². The maximum Gasteiger partial charge on any atom is 0.391 e. The minimum absolute atomic E-state index is 0.00220. The average molecular weight is 404 g/mol. The van der Waals surface area contributed by atoms with Gasteiger partial charge in [0.25, 0.3) is 0 Å². The number of hydrogen-bond donors (Lipinski definition) is 1. The van der Waals surface area contributed by atoms with Crippen LogP contribution in [0.15, 0.2) is 24.3 Å². The SMILES string of the molecule is O=C(CN1CCN(c2cccc(Cl)c2)CC1)N[C@@H]1CCC[C@H](C(F)(F)F)C1. The molecule has 1 amide bonds. The summed E-state index contributed by atoms with van der Waals surface area (Å²) in [6.07, 6.45) is -2.87. The molecule has 2 atom stereocenters. The molecule has 0 bridgehead atoms. The summed E-state index contributed by atoms with van der Waals surface area (Å²) in [7, 11) is 0. The second-order valence-electron chi connectivity index (χ2n) is 7.41. The van der Waals surface area contributed by atoms with Gasteiger partial charge in [-0.2, -0.15) is 13.2 Å². The lowest BCUT2D eigenvalue weighted by Gasteiger charge is -2.36. The highest BCUT2D eigenvalue weighted by atomic mass is 35.5. The molecule has 3 rings (SSSR count). The Morgan fingerprint density at radius 2 is 1.93 bits per heavy atom. The predicted molar refractivity (Wildman–Crippen MR) is 100 cm³/mol. The molecule has 1 aromatic rings. The minimum atomic E-state index is -4.17. The van der Waals surface area contributed by atoms with Crippen LogP contribution < -0.4 is 10.2 Å². The van der Waals surface area contributed by atoms with E-state index in [-0.39, 0.29) is 31.3 Å². The number of carbonyl (C=O) groups is 1. The predicted octanol–water partition coefficient (Wildman–Crippen LogP) is 3.70. The smallest absolute Gasteiger partial charge is 0.369 e. The van der Waals surface area contributed by atoms with Gasteiger partial charge in [-0.15, -0.1) is 0 Å². The molecule has 1 aliphatic carbocycles. The van der Waals surface area contributed by atoms with Crippen molar-refractivity contribution in [2.75, 3.05) is 37.6 Å². The van der Waals surface area contributed by atoms with E-state index in [1.165, 1.54) is 0 Å². The minimum Gasteiger partial charge on any atom is -0.369 e. The second-order valence-corrected chi connectivity index (χ2v) is 7.85. The largest absolute Gasteiger partial charge is 0.391 e. The molecule has 0 unspecified atom stereocenters. The standard InChI is InChI=1S/C19H25ClF3N3O/c20-15-4-2-6-17(12-15)26-9-7-25(8-10-26)13-18(27)24-16-5-1-3-14(11-16)19(21,22)23/h2,4,6,12,14,16H,1,3,5,7-11,13H2,(H,24,27)/t14-,16+/m0/s1. The first-order valence-corrected chi connectivity index (χ1v) is 9.78. The quantitative estimate of drug-likeness (QED) is 0.832. The molecular weight excluding hydrogens is 379 g/mol. The van der Waals surface area contributed by atoms with Gasteiger partial charge in [-0.1, -0.05) is 24.1 Å². The Morgan fingerprint density at radius 3 is 2.59 bits per heavy atom. The molecule has 1 saturated carbocycles. The molecule has 150 valence electrons. The van der Waals surface area contributed by atoms with Crippen molar-refractivity contribution in [3.63, 3.8) is 0 Å². The van der Waals surface area contributed by atoms with Gasteiger partial charge in [0.2, 0.25) is 5.91 Å². The number of nitrogens with zero attached hydrogens (tertiary/aromatic N) is 2. The number of halogens is 4. The molecular formula is C19H25ClF3N3O. The van der Waals surface area contributed by atoms with Crippen LogP contribution in [0, 0.1) is 5.92 Å². The van der Waals surface area contributed by atoms with Crippen molar-refractivity contribution in [1.29, 1.82) is 0 Å². The van der Waals surface area contributed by atoms with Crippen molar-refractivity contribution < 1.29 is 18.0 Å². The summed E-state index contributed by atoms with van der Waals surface area (Å²) >= 11 is 6.03. The van der Waals surface area contributed by atoms with E-state index in [0.717, 1.165) is 31.9 Å². The Balaban J connectivity index is 1.43. The van der Waals surface area contributed by atoms with Gasteiger partial charge < -0.3 is 10.2 Å². The Hall–Kier alpha value is -1.47. The monoisotopic (exact) mass is 403 g/mol. The van der Waals surface area contributed by atoms with Crippen LogP contribution in [0.2, 0.25) is 5.02 Å². The second kappa shape index (κ2) is 8.69. The first-order chi connectivity index (χ1) is 12.8. The van der Waals surface area contributed by atoms with Crippen LogP contribution in [-0.4, -0.2) is 55.7 Å². The number of carbonyl (C=O) groups excluding carboxylic acids is 1. The summed E-state index contributed by atoms with van der Waals surface area (Å²) in [6, 6.07) is 7.31. The molecule has 2 fully saturated rings. The number of anilines is 1. The van der Waals surface area contributed by atoms with E-state index in [0.29, 0.717) is 17.9 Å². The summed E-state index contributed by atoms with van der Waals surface area (Å²) in [4.78, 5) is 16.5. The van der Waals surface area contributed by atoms with E-state index in [4.69, 9.17) is 11.6 Å².